The molecule has 1 aliphatic heterocycles. The Hall–Kier alpha value is -0.740. The Morgan fingerprint density at radius 3 is 3.00 bits per heavy atom. The molecule has 0 bridgehead atoms. The van der Waals surface area contributed by atoms with Gasteiger partial charge >= 0.3 is 0 Å². The normalized spacial score (nSPS) is 20.6. The van der Waals surface area contributed by atoms with Crippen molar-refractivity contribution >= 4 is 17.4 Å². The van der Waals surface area contributed by atoms with Gasteiger partial charge in [-0.3, -0.25) is 0 Å². The van der Waals surface area contributed by atoms with Crippen molar-refractivity contribution in [1.29, 1.82) is 0 Å². The highest BCUT2D eigenvalue weighted by atomic mass is 32.2. The van der Waals surface area contributed by atoms with Gasteiger partial charge in [0.15, 0.2) is 0 Å². The molecule has 0 aliphatic carbocycles. The molecule has 1 N–H and O–H groups in total. The van der Waals surface area contributed by atoms with Crippen LogP contribution in [0.2, 0.25) is 0 Å². The Kier molecular flexibility index (Phi) is 4.29. The number of rotatable bonds is 3. The zero-order valence-electron chi connectivity index (χ0n) is 10.4. The molecule has 1 atom stereocenters. The Bertz CT molecular complexity index is 384. The summed E-state index contributed by atoms with van der Waals surface area (Å²) in [5, 5.41) is 3.69. The van der Waals surface area contributed by atoms with Crippen LogP contribution in [0.4, 0.5) is 10.1 Å². The van der Waals surface area contributed by atoms with E-state index in [0.29, 0.717) is 11.8 Å². The van der Waals surface area contributed by atoms with Crippen LogP contribution in [0.1, 0.15) is 12.5 Å². The minimum Gasteiger partial charge on any atom is -0.370 e. The number of anilines is 1. The summed E-state index contributed by atoms with van der Waals surface area (Å²) in [7, 11) is 1.88. The lowest BCUT2D eigenvalue weighted by atomic mass is 10.1. The molecule has 94 valence electrons. The van der Waals surface area contributed by atoms with Crippen LogP contribution in [-0.4, -0.2) is 31.1 Å². The van der Waals surface area contributed by atoms with Crippen LogP contribution in [0.3, 0.4) is 0 Å². The summed E-state index contributed by atoms with van der Waals surface area (Å²) in [4.78, 5) is 2.28. The second-order valence-corrected chi connectivity index (χ2v) is 6.02. The van der Waals surface area contributed by atoms with Gasteiger partial charge in [-0.1, -0.05) is 6.92 Å². The van der Waals surface area contributed by atoms with Gasteiger partial charge in [0.1, 0.15) is 5.82 Å². The summed E-state index contributed by atoms with van der Waals surface area (Å²) >= 11 is 1.99. The van der Waals surface area contributed by atoms with Gasteiger partial charge in [0, 0.05) is 36.3 Å². The van der Waals surface area contributed by atoms with Crippen LogP contribution < -0.4 is 10.2 Å². The molecule has 4 heteroatoms. The van der Waals surface area contributed by atoms with Gasteiger partial charge in [-0.15, -0.1) is 0 Å². The third kappa shape index (κ3) is 3.36. The van der Waals surface area contributed by atoms with Crippen molar-refractivity contribution in [2.45, 2.75) is 18.7 Å². The first-order chi connectivity index (χ1) is 8.19. The number of hydrogen-bond acceptors (Lipinski definition) is 3. The van der Waals surface area contributed by atoms with Crippen molar-refractivity contribution in [2.24, 2.45) is 0 Å². The lowest BCUT2D eigenvalue weighted by molar-refractivity contribution is 0.622. The van der Waals surface area contributed by atoms with E-state index in [9.17, 15) is 4.39 Å². The predicted molar refractivity (Wildman–Crippen MR) is 73.3 cm³/mol. The molecule has 0 amide bonds. The van der Waals surface area contributed by atoms with E-state index in [2.05, 4.69) is 23.2 Å². The van der Waals surface area contributed by atoms with E-state index < -0.39 is 0 Å². The number of nitrogens with zero attached hydrogens (tertiary/aromatic N) is 1. The summed E-state index contributed by atoms with van der Waals surface area (Å²) < 4.78 is 13.5. The maximum atomic E-state index is 13.5. The van der Waals surface area contributed by atoms with Gasteiger partial charge in [-0.2, -0.15) is 11.8 Å². The average molecular weight is 254 g/mol. The Morgan fingerprint density at radius 1 is 1.47 bits per heavy atom. The zero-order chi connectivity index (χ0) is 12.3. The molecule has 1 saturated heterocycles. The third-order valence-electron chi connectivity index (χ3n) is 2.93. The lowest BCUT2D eigenvalue weighted by Crippen LogP contribution is -2.36. The molecule has 0 aromatic heterocycles. The van der Waals surface area contributed by atoms with Gasteiger partial charge < -0.3 is 10.2 Å². The number of halogens is 1. The molecule has 1 aromatic carbocycles. The van der Waals surface area contributed by atoms with Crippen molar-refractivity contribution in [3.63, 3.8) is 0 Å². The summed E-state index contributed by atoms with van der Waals surface area (Å²) in [6.07, 6.45) is 0. The Labute approximate surface area is 107 Å². The van der Waals surface area contributed by atoms with E-state index in [1.54, 1.807) is 12.1 Å². The standard InChI is InChI=1S/C13H19FN2S/c1-10-9-16(3-4-17-10)13-6-11(8-15-2)5-12(14)7-13/h5-7,10,15H,3-4,8-9H2,1-2H3. The summed E-state index contributed by atoms with van der Waals surface area (Å²) in [6, 6.07) is 5.33. The zero-order valence-corrected chi connectivity index (χ0v) is 11.2. The number of nitrogens with one attached hydrogen (secondary N) is 1. The van der Waals surface area contributed by atoms with Gasteiger partial charge in [0.2, 0.25) is 0 Å². The number of benzene rings is 1. The van der Waals surface area contributed by atoms with E-state index >= 15 is 0 Å². The van der Waals surface area contributed by atoms with Crippen LogP contribution in [0.15, 0.2) is 18.2 Å². The van der Waals surface area contributed by atoms with Gasteiger partial charge in [0.05, 0.1) is 0 Å². The molecule has 1 fully saturated rings. The molecular formula is C13H19FN2S. The van der Waals surface area contributed by atoms with E-state index in [0.717, 1.165) is 30.1 Å². The molecular weight excluding hydrogens is 235 g/mol. The van der Waals surface area contributed by atoms with Crippen molar-refractivity contribution in [3.05, 3.63) is 29.6 Å². The van der Waals surface area contributed by atoms with Gasteiger partial charge in [0.25, 0.3) is 0 Å². The summed E-state index contributed by atoms with van der Waals surface area (Å²) in [5.74, 6) is 0.984. The molecule has 0 saturated carbocycles. The minimum atomic E-state index is -0.140. The molecule has 1 heterocycles. The third-order valence-corrected chi connectivity index (χ3v) is 4.07. The lowest BCUT2D eigenvalue weighted by Gasteiger charge is -2.32. The predicted octanol–water partition coefficient (Wildman–Crippen LogP) is 2.49. The second-order valence-electron chi connectivity index (χ2n) is 4.48. The van der Waals surface area contributed by atoms with Gasteiger partial charge in [-0.25, -0.2) is 4.39 Å². The Balaban J connectivity index is 2.18. The molecule has 1 aromatic rings. The van der Waals surface area contributed by atoms with E-state index in [1.807, 2.05) is 18.8 Å². The van der Waals surface area contributed by atoms with E-state index in [1.165, 1.54) is 0 Å². The van der Waals surface area contributed by atoms with Crippen molar-refractivity contribution in [3.8, 4) is 0 Å². The fourth-order valence-corrected chi connectivity index (χ4v) is 3.19. The van der Waals surface area contributed by atoms with Crippen molar-refractivity contribution < 1.29 is 4.39 Å². The quantitative estimate of drug-likeness (QED) is 0.892. The topological polar surface area (TPSA) is 15.3 Å². The smallest absolute Gasteiger partial charge is 0.125 e. The highest BCUT2D eigenvalue weighted by Gasteiger charge is 2.17. The molecule has 2 nitrogen and oxygen atoms in total. The SMILES string of the molecule is CNCc1cc(F)cc(N2CCSC(C)C2)c1. The second kappa shape index (κ2) is 5.74. The molecule has 1 aliphatic rings. The fraction of sp³-hybridized carbons (Fsp3) is 0.538. The van der Waals surface area contributed by atoms with Crippen LogP contribution in [-0.2, 0) is 6.54 Å². The van der Waals surface area contributed by atoms with Crippen molar-refractivity contribution in [1.82, 2.24) is 5.32 Å². The first kappa shape index (κ1) is 12.7. The summed E-state index contributed by atoms with van der Waals surface area (Å²) in [5.41, 5.74) is 2.02. The van der Waals surface area contributed by atoms with Crippen LogP contribution in [0.25, 0.3) is 0 Å². The molecule has 0 spiro atoms. The largest absolute Gasteiger partial charge is 0.370 e. The van der Waals surface area contributed by atoms with Crippen LogP contribution in [0, 0.1) is 5.82 Å². The van der Waals surface area contributed by atoms with Crippen LogP contribution in [0.5, 0.6) is 0 Å². The average Bonchev–Trinajstić information content (AvgIpc) is 2.28. The van der Waals surface area contributed by atoms with E-state index in [4.69, 9.17) is 0 Å². The molecule has 1 unspecified atom stereocenters. The highest BCUT2D eigenvalue weighted by Crippen LogP contribution is 2.25. The first-order valence-corrected chi connectivity index (χ1v) is 7.04. The fourth-order valence-electron chi connectivity index (χ4n) is 2.18. The minimum absolute atomic E-state index is 0.140. The number of thioether (sulfide) groups is 1. The van der Waals surface area contributed by atoms with Gasteiger partial charge in [-0.05, 0) is 30.8 Å². The maximum absolute atomic E-state index is 13.5. The molecule has 2 rings (SSSR count). The molecule has 0 radical (unpaired) electrons. The monoisotopic (exact) mass is 254 g/mol. The summed E-state index contributed by atoms with van der Waals surface area (Å²) in [6.45, 7) is 4.96. The maximum Gasteiger partial charge on any atom is 0.125 e. The van der Waals surface area contributed by atoms with E-state index in [-0.39, 0.29) is 5.82 Å². The first-order valence-electron chi connectivity index (χ1n) is 5.99. The Morgan fingerprint density at radius 2 is 2.29 bits per heavy atom. The molecule has 17 heavy (non-hydrogen) atoms. The van der Waals surface area contributed by atoms with Crippen LogP contribution >= 0.6 is 11.8 Å². The van der Waals surface area contributed by atoms with Crippen molar-refractivity contribution in [2.75, 3.05) is 30.8 Å². The number of hydrogen-bond donors (Lipinski definition) is 1. The highest BCUT2D eigenvalue weighted by molar-refractivity contribution is 8.00.